The number of hydrogen-bond donors (Lipinski definition) is 0. The largest absolute Gasteiger partial charge is 0.514 e. The van der Waals surface area contributed by atoms with Crippen LogP contribution >= 0.6 is 0 Å². The third-order valence-corrected chi connectivity index (χ3v) is 4.83. The molecule has 33 heavy (non-hydrogen) atoms. The van der Waals surface area contributed by atoms with Gasteiger partial charge in [0.25, 0.3) is 0 Å². The summed E-state index contributed by atoms with van der Waals surface area (Å²) in [5.74, 6) is -1.67. The lowest BCUT2D eigenvalue weighted by Crippen LogP contribution is -2.24. The summed E-state index contributed by atoms with van der Waals surface area (Å²) in [6.45, 7) is 5.52. The van der Waals surface area contributed by atoms with Crippen molar-refractivity contribution < 1.29 is 38.4 Å². The molecule has 3 rings (SSSR count). The molecule has 8 heteroatoms. The highest BCUT2D eigenvalue weighted by molar-refractivity contribution is 5.95. The molecule has 1 saturated carbocycles. The predicted octanol–water partition coefficient (Wildman–Crippen LogP) is 5.64. The first-order valence-corrected chi connectivity index (χ1v) is 10.9. The molecule has 1 aliphatic rings. The van der Waals surface area contributed by atoms with E-state index in [-0.39, 0.29) is 23.0 Å². The van der Waals surface area contributed by atoms with Gasteiger partial charge in [0.05, 0.1) is 0 Å². The highest BCUT2D eigenvalue weighted by Gasteiger charge is 2.24. The summed E-state index contributed by atoms with van der Waals surface area (Å²) in [6.07, 6.45) is 3.60. The molecule has 0 radical (unpaired) electrons. The molecule has 2 aromatic carbocycles. The van der Waals surface area contributed by atoms with Crippen molar-refractivity contribution in [2.24, 2.45) is 0 Å². The van der Waals surface area contributed by atoms with Gasteiger partial charge in [-0.05, 0) is 70.7 Å². The van der Waals surface area contributed by atoms with Crippen LogP contribution in [0.5, 0.6) is 11.5 Å². The number of benzene rings is 2. The molecule has 0 aliphatic heterocycles. The molecule has 0 spiro atoms. The van der Waals surface area contributed by atoms with E-state index in [9.17, 15) is 14.4 Å². The molecule has 1 fully saturated rings. The Labute approximate surface area is 192 Å². The second-order valence-corrected chi connectivity index (χ2v) is 8.68. The summed E-state index contributed by atoms with van der Waals surface area (Å²) >= 11 is 0. The summed E-state index contributed by atoms with van der Waals surface area (Å²) in [6, 6.07) is 12.4. The van der Waals surface area contributed by atoms with Gasteiger partial charge in [-0.2, -0.15) is 0 Å². The number of carbonyl (C=O) groups is 3. The fraction of sp³-hybridized carbons (Fsp3) is 0.400. The second-order valence-electron chi connectivity index (χ2n) is 8.68. The molecular formula is C25H28O8. The van der Waals surface area contributed by atoms with Crippen LogP contribution in [-0.2, 0) is 14.5 Å². The average Bonchev–Trinajstić information content (AvgIpc) is 2.77. The molecule has 0 heterocycles. The second kappa shape index (κ2) is 10.8. The van der Waals surface area contributed by atoms with E-state index in [1.807, 2.05) is 20.8 Å². The number of hydrogen-bond acceptors (Lipinski definition) is 8. The van der Waals surface area contributed by atoms with Gasteiger partial charge < -0.3 is 14.2 Å². The van der Waals surface area contributed by atoms with E-state index in [1.54, 1.807) is 30.3 Å². The van der Waals surface area contributed by atoms with Gasteiger partial charge in [0.2, 0.25) is 0 Å². The molecular weight excluding hydrogens is 428 g/mol. The summed E-state index contributed by atoms with van der Waals surface area (Å²) in [7, 11) is 0. The zero-order valence-electron chi connectivity index (χ0n) is 19.0. The monoisotopic (exact) mass is 456 g/mol. The first-order valence-electron chi connectivity index (χ1n) is 10.9. The Hall–Kier alpha value is -3.55. The van der Waals surface area contributed by atoms with Crippen LogP contribution in [0.15, 0.2) is 48.5 Å². The van der Waals surface area contributed by atoms with Gasteiger partial charge in [-0.25, -0.2) is 24.2 Å². The molecule has 0 bridgehead atoms. The standard InChI is InChI=1S/C25H28O8/c1-25(2,3)31-21-16-10-8-14-19(21)23(27)33-32-22(26)18-13-7-9-15-20(18)30-24(28)29-17-11-5-4-6-12-17/h7-10,13-17H,4-6,11-12H2,1-3H3. The van der Waals surface area contributed by atoms with Crippen molar-refractivity contribution in [3.8, 4) is 11.5 Å². The summed E-state index contributed by atoms with van der Waals surface area (Å²) in [4.78, 5) is 46.6. The van der Waals surface area contributed by atoms with E-state index in [0.29, 0.717) is 5.75 Å². The molecule has 1 aliphatic carbocycles. The van der Waals surface area contributed by atoms with Crippen molar-refractivity contribution in [2.75, 3.05) is 0 Å². The van der Waals surface area contributed by atoms with Crippen LogP contribution in [0.3, 0.4) is 0 Å². The van der Waals surface area contributed by atoms with Gasteiger partial charge in [0, 0.05) is 0 Å². The Balaban J connectivity index is 1.62. The van der Waals surface area contributed by atoms with E-state index < -0.39 is 23.7 Å². The molecule has 0 unspecified atom stereocenters. The first-order chi connectivity index (χ1) is 15.7. The maximum absolute atomic E-state index is 12.5. The third kappa shape index (κ3) is 7.24. The molecule has 0 atom stereocenters. The van der Waals surface area contributed by atoms with Gasteiger partial charge in [-0.3, -0.25) is 0 Å². The molecule has 2 aromatic rings. The van der Waals surface area contributed by atoms with Gasteiger partial charge in [0.1, 0.15) is 34.3 Å². The molecule has 0 amide bonds. The minimum Gasteiger partial charge on any atom is -0.487 e. The normalized spacial score (nSPS) is 14.2. The minimum absolute atomic E-state index is 0.0594. The summed E-state index contributed by atoms with van der Waals surface area (Å²) in [5.41, 5.74) is -0.541. The Morgan fingerprint density at radius 3 is 1.85 bits per heavy atom. The van der Waals surface area contributed by atoms with Crippen LogP contribution in [0, 0.1) is 0 Å². The lowest BCUT2D eigenvalue weighted by molar-refractivity contribution is -0.187. The van der Waals surface area contributed by atoms with Crippen molar-refractivity contribution in [3.63, 3.8) is 0 Å². The molecule has 0 aromatic heterocycles. The topological polar surface area (TPSA) is 97.4 Å². The van der Waals surface area contributed by atoms with Crippen molar-refractivity contribution in [3.05, 3.63) is 59.7 Å². The van der Waals surface area contributed by atoms with E-state index in [1.165, 1.54) is 18.2 Å². The Morgan fingerprint density at radius 1 is 0.758 bits per heavy atom. The van der Waals surface area contributed by atoms with Crippen molar-refractivity contribution in [2.45, 2.75) is 64.6 Å². The molecule has 0 N–H and O–H groups in total. The Bertz CT molecular complexity index is 986. The number of rotatable bonds is 5. The van der Waals surface area contributed by atoms with Gasteiger partial charge in [-0.15, -0.1) is 0 Å². The van der Waals surface area contributed by atoms with E-state index in [2.05, 4.69) is 0 Å². The highest BCUT2D eigenvalue weighted by atomic mass is 17.2. The van der Waals surface area contributed by atoms with Crippen molar-refractivity contribution >= 4 is 18.1 Å². The predicted molar refractivity (Wildman–Crippen MR) is 118 cm³/mol. The van der Waals surface area contributed by atoms with Crippen LogP contribution in [0.2, 0.25) is 0 Å². The zero-order valence-corrected chi connectivity index (χ0v) is 19.0. The van der Waals surface area contributed by atoms with Crippen LogP contribution < -0.4 is 9.47 Å². The molecule has 8 nitrogen and oxygen atoms in total. The quantitative estimate of drug-likeness (QED) is 0.247. The number of para-hydroxylation sites is 2. The molecule has 176 valence electrons. The van der Waals surface area contributed by atoms with E-state index >= 15 is 0 Å². The van der Waals surface area contributed by atoms with Crippen LogP contribution in [-0.4, -0.2) is 29.8 Å². The lowest BCUT2D eigenvalue weighted by atomic mass is 9.98. The van der Waals surface area contributed by atoms with Crippen molar-refractivity contribution in [1.82, 2.24) is 0 Å². The summed E-state index contributed by atoms with van der Waals surface area (Å²) < 4.78 is 16.3. The SMILES string of the molecule is CC(C)(C)Oc1ccccc1C(=O)OOC(=O)c1ccccc1OC(=O)OC1CCCCC1. The number of ether oxygens (including phenoxy) is 3. The fourth-order valence-corrected chi connectivity index (χ4v) is 3.38. The van der Waals surface area contributed by atoms with Crippen LogP contribution in [0.1, 0.15) is 73.6 Å². The van der Waals surface area contributed by atoms with Gasteiger partial charge >= 0.3 is 18.1 Å². The average molecular weight is 456 g/mol. The third-order valence-electron chi connectivity index (χ3n) is 4.83. The van der Waals surface area contributed by atoms with E-state index in [0.717, 1.165) is 32.1 Å². The van der Waals surface area contributed by atoms with E-state index in [4.69, 9.17) is 24.0 Å². The summed E-state index contributed by atoms with van der Waals surface area (Å²) in [5, 5.41) is 0. The Kier molecular flexibility index (Phi) is 7.92. The lowest BCUT2D eigenvalue weighted by Gasteiger charge is -2.22. The Morgan fingerprint density at radius 2 is 1.27 bits per heavy atom. The van der Waals surface area contributed by atoms with Crippen molar-refractivity contribution in [1.29, 1.82) is 0 Å². The number of carbonyl (C=O) groups excluding carboxylic acids is 3. The van der Waals surface area contributed by atoms with Crippen LogP contribution in [0.25, 0.3) is 0 Å². The minimum atomic E-state index is -1.00. The smallest absolute Gasteiger partial charge is 0.487 e. The fourth-order valence-electron chi connectivity index (χ4n) is 3.38. The van der Waals surface area contributed by atoms with Gasteiger partial charge in [0.15, 0.2) is 0 Å². The maximum Gasteiger partial charge on any atom is 0.514 e. The van der Waals surface area contributed by atoms with Crippen LogP contribution in [0.4, 0.5) is 4.79 Å². The van der Waals surface area contributed by atoms with Gasteiger partial charge in [-0.1, -0.05) is 30.7 Å². The maximum atomic E-state index is 12.5. The molecule has 0 saturated heterocycles. The first kappa shape index (κ1) is 24.1. The zero-order chi connectivity index (χ0) is 23.8. The highest BCUT2D eigenvalue weighted by Crippen LogP contribution is 2.25.